The molecular formula is C13H9ClF3N3. The monoisotopic (exact) mass is 299 g/mol. The lowest BCUT2D eigenvalue weighted by Crippen LogP contribution is -2.55. The molecule has 1 N–H and O–H groups in total. The van der Waals surface area contributed by atoms with Crippen LogP contribution in [0.1, 0.15) is 12.5 Å². The van der Waals surface area contributed by atoms with Crippen LogP contribution >= 0.6 is 11.6 Å². The summed E-state index contributed by atoms with van der Waals surface area (Å²) in [5.74, 6) is 0. The van der Waals surface area contributed by atoms with Crippen LogP contribution in [0.4, 0.5) is 13.2 Å². The molecule has 1 aliphatic rings. The number of nitriles is 1. The van der Waals surface area contributed by atoms with Crippen LogP contribution < -0.4 is 5.32 Å². The molecule has 1 aromatic rings. The van der Waals surface area contributed by atoms with E-state index < -0.39 is 16.7 Å². The molecule has 0 saturated carbocycles. The first-order valence-corrected chi connectivity index (χ1v) is 5.95. The van der Waals surface area contributed by atoms with Gasteiger partial charge in [0.25, 0.3) is 5.54 Å². The first-order chi connectivity index (χ1) is 9.33. The summed E-state index contributed by atoms with van der Waals surface area (Å²) in [6, 6.07) is 4.58. The van der Waals surface area contributed by atoms with Crippen molar-refractivity contribution in [3.8, 4) is 6.07 Å². The van der Waals surface area contributed by atoms with Gasteiger partial charge in [-0.2, -0.15) is 18.4 Å². The lowest BCUT2D eigenvalue weighted by molar-refractivity contribution is -0.164. The van der Waals surface area contributed by atoms with E-state index in [4.69, 9.17) is 16.9 Å². The Morgan fingerprint density at radius 1 is 1.45 bits per heavy atom. The van der Waals surface area contributed by atoms with E-state index in [1.54, 1.807) is 18.3 Å². The maximum atomic E-state index is 13.1. The summed E-state index contributed by atoms with van der Waals surface area (Å²) >= 11 is 5.83. The molecule has 1 unspecified atom stereocenters. The van der Waals surface area contributed by atoms with E-state index in [0.29, 0.717) is 11.1 Å². The SMILES string of the molecule is CC1=C(Cl)C(C#N)(C(F)(F)F)NC=C1c1cccnc1. The topological polar surface area (TPSA) is 48.7 Å². The van der Waals surface area contributed by atoms with Gasteiger partial charge < -0.3 is 5.32 Å². The van der Waals surface area contributed by atoms with E-state index in [1.165, 1.54) is 19.2 Å². The molecule has 1 atom stereocenters. The molecule has 0 bridgehead atoms. The van der Waals surface area contributed by atoms with E-state index in [-0.39, 0.29) is 5.57 Å². The Morgan fingerprint density at radius 2 is 2.15 bits per heavy atom. The fourth-order valence-electron chi connectivity index (χ4n) is 1.92. The molecule has 0 amide bonds. The second kappa shape index (κ2) is 4.84. The van der Waals surface area contributed by atoms with Crippen LogP contribution in [0.15, 0.2) is 41.3 Å². The molecule has 1 aliphatic heterocycles. The highest BCUT2D eigenvalue weighted by Gasteiger charge is 2.59. The highest BCUT2D eigenvalue weighted by molar-refractivity contribution is 6.32. The van der Waals surface area contributed by atoms with Crippen LogP contribution in [0.25, 0.3) is 5.57 Å². The molecule has 0 spiro atoms. The Morgan fingerprint density at radius 3 is 2.65 bits per heavy atom. The summed E-state index contributed by atoms with van der Waals surface area (Å²) < 4.78 is 39.3. The van der Waals surface area contributed by atoms with Crippen molar-refractivity contribution in [1.82, 2.24) is 10.3 Å². The van der Waals surface area contributed by atoms with Crippen molar-refractivity contribution in [2.75, 3.05) is 0 Å². The molecule has 2 rings (SSSR count). The number of dihydropyridines is 1. The highest BCUT2D eigenvalue weighted by atomic mass is 35.5. The number of aromatic nitrogens is 1. The minimum atomic E-state index is -4.82. The fourth-order valence-corrected chi connectivity index (χ4v) is 2.23. The summed E-state index contributed by atoms with van der Waals surface area (Å²) in [6.45, 7) is 1.44. The molecule has 0 saturated heterocycles. The molecule has 104 valence electrons. The first-order valence-electron chi connectivity index (χ1n) is 5.57. The number of pyridine rings is 1. The zero-order chi connectivity index (χ0) is 15.0. The van der Waals surface area contributed by atoms with Gasteiger partial charge in [0.2, 0.25) is 0 Å². The average molecular weight is 300 g/mol. The van der Waals surface area contributed by atoms with E-state index in [1.807, 2.05) is 0 Å². The summed E-state index contributed by atoms with van der Waals surface area (Å²) in [5.41, 5.74) is -1.62. The Balaban J connectivity index is 2.54. The van der Waals surface area contributed by atoms with E-state index in [0.717, 1.165) is 6.20 Å². The van der Waals surface area contributed by atoms with Gasteiger partial charge in [0, 0.05) is 29.7 Å². The minimum absolute atomic E-state index is 0.192. The predicted molar refractivity (Wildman–Crippen MR) is 68.3 cm³/mol. The summed E-state index contributed by atoms with van der Waals surface area (Å²) in [5, 5.41) is 10.4. The number of nitrogens with zero attached hydrogens (tertiary/aromatic N) is 2. The third-order valence-corrected chi connectivity index (χ3v) is 3.63. The van der Waals surface area contributed by atoms with Gasteiger partial charge >= 0.3 is 6.18 Å². The maximum absolute atomic E-state index is 13.1. The molecule has 0 fully saturated rings. The highest BCUT2D eigenvalue weighted by Crippen LogP contribution is 2.44. The van der Waals surface area contributed by atoms with Crippen LogP contribution in [0, 0.1) is 11.3 Å². The quantitative estimate of drug-likeness (QED) is 0.865. The molecule has 7 heteroatoms. The molecule has 0 aliphatic carbocycles. The number of allylic oxidation sites excluding steroid dienone is 2. The van der Waals surface area contributed by atoms with Crippen molar-refractivity contribution in [1.29, 1.82) is 5.26 Å². The number of nitrogens with one attached hydrogen (secondary N) is 1. The molecule has 2 heterocycles. The van der Waals surface area contributed by atoms with Crippen molar-refractivity contribution < 1.29 is 13.2 Å². The Bertz CT molecular complexity index is 629. The molecule has 0 radical (unpaired) electrons. The molecular weight excluding hydrogens is 291 g/mol. The van der Waals surface area contributed by atoms with Crippen LogP contribution in [0.3, 0.4) is 0 Å². The summed E-state index contributed by atoms with van der Waals surface area (Å²) in [6.07, 6.45) is -0.615. The van der Waals surface area contributed by atoms with Gasteiger partial charge in [-0.1, -0.05) is 17.7 Å². The Kier molecular flexibility index (Phi) is 3.48. The van der Waals surface area contributed by atoms with Gasteiger partial charge in [0.1, 0.15) is 6.07 Å². The van der Waals surface area contributed by atoms with Gasteiger partial charge in [-0.25, -0.2) is 0 Å². The van der Waals surface area contributed by atoms with Gasteiger partial charge in [-0.3, -0.25) is 4.98 Å². The normalized spacial score (nSPS) is 22.9. The largest absolute Gasteiger partial charge is 0.430 e. The van der Waals surface area contributed by atoms with E-state index >= 15 is 0 Å². The van der Waals surface area contributed by atoms with Crippen molar-refractivity contribution >= 4 is 17.2 Å². The van der Waals surface area contributed by atoms with Crippen LogP contribution in [0.5, 0.6) is 0 Å². The van der Waals surface area contributed by atoms with Crippen molar-refractivity contribution in [2.45, 2.75) is 18.6 Å². The van der Waals surface area contributed by atoms with Crippen LogP contribution in [-0.4, -0.2) is 16.7 Å². The number of hydrogen-bond acceptors (Lipinski definition) is 3. The summed E-state index contributed by atoms with van der Waals surface area (Å²) in [4.78, 5) is 3.90. The van der Waals surface area contributed by atoms with E-state index in [2.05, 4.69) is 10.3 Å². The molecule has 3 nitrogen and oxygen atoms in total. The third-order valence-electron chi connectivity index (χ3n) is 3.06. The Labute approximate surface area is 118 Å². The Hall–Kier alpha value is -2.00. The predicted octanol–water partition coefficient (Wildman–Crippen LogP) is 3.36. The van der Waals surface area contributed by atoms with Gasteiger partial charge in [-0.15, -0.1) is 0 Å². The average Bonchev–Trinajstić information content (AvgIpc) is 2.41. The van der Waals surface area contributed by atoms with Crippen molar-refractivity contribution in [3.63, 3.8) is 0 Å². The lowest BCUT2D eigenvalue weighted by atomic mass is 9.89. The first kappa shape index (κ1) is 14.4. The molecule has 1 aromatic heterocycles. The number of hydrogen-bond donors (Lipinski definition) is 1. The second-order valence-corrected chi connectivity index (χ2v) is 4.62. The van der Waals surface area contributed by atoms with Crippen LogP contribution in [-0.2, 0) is 0 Å². The molecule has 20 heavy (non-hydrogen) atoms. The zero-order valence-corrected chi connectivity index (χ0v) is 11.0. The van der Waals surface area contributed by atoms with E-state index in [9.17, 15) is 13.2 Å². The number of halogens is 4. The van der Waals surface area contributed by atoms with Crippen molar-refractivity contribution in [3.05, 3.63) is 46.9 Å². The number of rotatable bonds is 1. The van der Waals surface area contributed by atoms with Gasteiger partial charge in [0.15, 0.2) is 0 Å². The standard InChI is InChI=1S/C13H9ClF3N3/c1-8-10(9-3-2-4-19-5-9)6-20-12(7-18,11(8)14)13(15,16)17/h2-6,20H,1H3. The minimum Gasteiger partial charge on any atom is -0.361 e. The summed E-state index contributed by atoms with van der Waals surface area (Å²) in [7, 11) is 0. The third kappa shape index (κ3) is 2.04. The maximum Gasteiger partial charge on any atom is 0.430 e. The van der Waals surface area contributed by atoms with Gasteiger partial charge in [0.05, 0.1) is 5.03 Å². The zero-order valence-electron chi connectivity index (χ0n) is 10.3. The van der Waals surface area contributed by atoms with Crippen molar-refractivity contribution in [2.24, 2.45) is 0 Å². The number of alkyl halides is 3. The lowest BCUT2D eigenvalue weighted by Gasteiger charge is -2.34. The van der Waals surface area contributed by atoms with Crippen LogP contribution in [0.2, 0.25) is 0 Å². The fraction of sp³-hybridized carbons (Fsp3) is 0.231. The van der Waals surface area contributed by atoms with Gasteiger partial charge in [-0.05, 0) is 18.6 Å². The molecule has 0 aromatic carbocycles. The second-order valence-electron chi connectivity index (χ2n) is 4.24. The smallest absolute Gasteiger partial charge is 0.361 e.